The average molecular weight is 165 g/mol. The third kappa shape index (κ3) is 1.05. The number of furan rings is 1. The van der Waals surface area contributed by atoms with Gasteiger partial charge in [0.25, 0.3) is 11.8 Å². The first-order chi connectivity index (χ1) is 5.75. The molecule has 0 unspecified atom stereocenters. The number of aryl methyl sites for hydroxylation is 1. The highest BCUT2D eigenvalue weighted by molar-refractivity contribution is 5.52. The lowest BCUT2D eigenvalue weighted by atomic mass is 10.3. The maximum atomic E-state index is 5.28. The molecule has 2 heterocycles. The summed E-state index contributed by atoms with van der Waals surface area (Å²) < 4.78 is 9.88. The Balaban J connectivity index is 2.43. The van der Waals surface area contributed by atoms with Crippen LogP contribution in [0.15, 0.2) is 21.3 Å². The number of anilines is 1. The highest BCUT2D eigenvalue weighted by Gasteiger charge is 2.08. The van der Waals surface area contributed by atoms with Crippen LogP contribution in [0.3, 0.4) is 0 Å². The van der Waals surface area contributed by atoms with Gasteiger partial charge in [0.15, 0.2) is 0 Å². The minimum Gasteiger partial charge on any atom is -0.469 e. The van der Waals surface area contributed by atoms with Gasteiger partial charge in [-0.25, -0.2) is 0 Å². The molecular weight excluding hydrogens is 158 g/mol. The molecule has 0 spiro atoms. The highest BCUT2D eigenvalue weighted by Crippen LogP contribution is 2.19. The second kappa shape index (κ2) is 2.37. The van der Waals surface area contributed by atoms with Crippen LogP contribution in [0.5, 0.6) is 0 Å². The van der Waals surface area contributed by atoms with Crippen LogP contribution in [0.1, 0.15) is 5.76 Å². The van der Waals surface area contributed by atoms with Crippen molar-refractivity contribution in [3.63, 3.8) is 0 Å². The largest absolute Gasteiger partial charge is 0.469 e. The first-order valence-corrected chi connectivity index (χ1v) is 3.40. The van der Waals surface area contributed by atoms with E-state index in [9.17, 15) is 0 Å². The lowest BCUT2D eigenvalue weighted by molar-refractivity contribution is 0.432. The number of hydrogen-bond donors (Lipinski definition) is 1. The molecule has 0 bridgehead atoms. The van der Waals surface area contributed by atoms with Gasteiger partial charge in [0.05, 0.1) is 5.56 Å². The number of hydrogen-bond acceptors (Lipinski definition) is 5. The Morgan fingerprint density at radius 3 is 2.83 bits per heavy atom. The third-order valence-corrected chi connectivity index (χ3v) is 1.42. The Morgan fingerprint density at radius 1 is 1.50 bits per heavy atom. The van der Waals surface area contributed by atoms with E-state index in [4.69, 9.17) is 14.7 Å². The monoisotopic (exact) mass is 165 g/mol. The van der Waals surface area contributed by atoms with E-state index in [-0.39, 0.29) is 5.95 Å². The number of rotatable bonds is 1. The van der Waals surface area contributed by atoms with Crippen LogP contribution in [0.2, 0.25) is 0 Å². The van der Waals surface area contributed by atoms with Crippen LogP contribution in [0, 0.1) is 6.92 Å². The molecule has 0 fully saturated rings. The van der Waals surface area contributed by atoms with E-state index >= 15 is 0 Å². The molecule has 0 aromatic carbocycles. The SMILES string of the molecule is Cc1cc(-c2nc(N)no2)co1. The van der Waals surface area contributed by atoms with Crippen molar-refractivity contribution in [2.45, 2.75) is 6.92 Å². The van der Waals surface area contributed by atoms with Gasteiger partial charge in [0, 0.05) is 0 Å². The van der Waals surface area contributed by atoms with Crippen LogP contribution in [-0.4, -0.2) is 10.1 Å². The summed E-state index contributed by atoms with van der Waals surface area (Å²) in [5.74, 6) is 1.30. The Hall–Kier alpha value is -1.78. The standard InChI is InChI=1S/C7H7N3O2/c1-4-2-5(3-11-4)6-9-7(8)10-12-6/h2-3H,1H3,(H2,8,10). The molecule has 62 valence electrons. The lowest BCUT2D eigenvalue weighted by Gasteiger charge is -1.80. The lowest BCUT2D eigenvalue weighted by Crippen LogP contribution is -1.84. The molecule has 0 aliphatic rings. The van der Waals surface area contributed by atoms with Crippen molar-refractivity contribution in [1.82, 2.24) is 10.1 Å². The number of nitrogens with zero attached hydrogens (tertiary/aromatic N) is 2. The van der Waals surface area contributed by atoms with E-state index in [0.717, 1.165) is 11.3 Å². The molecular formula is C7H7N3O2. The summed E-state index contributed by atoms with van der Waals surface area (Å²) in [6.07, 6.45) is 1.54. The van der Waals surface area contributed by atoms with Crippen molar-refractivity contribution in [3.05, 3.63) is 18.1 Å². The molecule has 5 heteroatoms. The molecule has 0 amide bonds. The fourth-order valence-corrected chi connectivity index (χ4v) is 0.908. The maximum absolute atomic E-state index is 5.28. The normalized spacial score (nSPS) is 10.4. The van der Waals surface area contributed by atoms with Gasteiger partial charge >= 0.3 is 0 Å². The van der Waals surface area contributed by atoms with Crippen molar-refractivity contribution >= 4 is 5.95 Å². The molecule has 0 aliphatic carbocycles. The second-order valence-electron chi connectivity index (χ2n) is 2.40. The van der Waals surface area contributed by atoms with E-state index in [2.05, 4.69) is 10.1 Å². The molecule has 0 atom stereocenters. The zero-order valence-electron chi connectivity index (χ0n) is 6.44. The summed E-state index contributed by atoms with van der Waals surface area (Å²) in [7, 11) is 0. The van der Waals surface area contributed by atoms with Crippen molar-refractivity contribution in [2.24, 2.45) is 0 Å². The van der Waals surface area contributed by atoms with Crippen molar-refractivity contribution < 1.29 is 8.94 Å². The molecule has 5 nitrogen and oxygen atoms in total. The molecule has 0 aliphatic heterocycles. The van der Waals surface area contributed by atoms with Crippen molar-refractivity contribution in [1.29, 1.82) is 0 Å². The zero-order valence-corrected chi connectivity index (χ0v) is 6.44. The maximum Gasteiger partial charge on any atom is 0.262 e. The predicted molar refractivity (Wildman–Crippen MR) is 41.1 cm³/mol. The van der Waals surface area contributed by atoms with Gasteiger partial charge in [0.2, 0.25) is 0 Å². The smallest absolute Gasteiger partial charge is 0.262 e. The topological polar surface area (TPSA) is 78.1 Å². The Bertz CT molecular complexity index is 353. The first-order valence-electron chi connectivity index (χ1n) is 3.40. The van der Waals surface area contributed by atoms with Gasteiger partial charge in [0.1, 0.15) is 12.0 Å². The number of aromatic nitrogens is 2. The quantitative estimate of drug-likeness (QED) is 0.687. The van der Waals surface area contributed by atoms with E-state index < -0.39 is 0 Å². The molecule has 2 N–H and O–H groups in total. The van der Waals surface area contributed by atoms with Crippen LogP contribution >= 0.6 is 0 Å². The second-order valence-corrected chi connectivity index (χ2v) is 2.40. The third-order valence-electron chi connectivity index (χ3n) is 1.42. The van der Waals surface area contributed by atoms with Gasteiger partial charge < -0.3 is 14.7 Å². The van der Waals surface area contributed by atoms with E-state index in [1.807, 2.05) is 6.92 Å². The van der Waals surface area contributed by atoms with Gasteiger partial charge in [-0.05, 0) is 18.1 Å². The summed E-state index contributed by atoms with van der Waals surface area (Å²) in [6.45, 7) is 1.84. The minimum absolute atomic E-state index is 0.129. The average Bonchev–Trinajstić information content (AvgIpc) is 2.58. The number of nitrogen functional groups attached to an aromatic ring is 1. The Kier molecular flexibility index (Phi) is 1.36. The molecule has 2 aromatic rings. The van der Waals surface area contributed by atoms with E-state index in [1.54, 1.807) is 12.3 Å². The van der Waals surface area contributed by atoms with Crippen molar-refractivity contribution in [2.75, 3.05) is 5.73 Å². The minimum atomic E-state index is 0.129. The van der Waals surface area contributed by atoms with Gasteiger partial charge in [-0.1, -0.05) is 0 Å². The van der Waals surface area contributed by atoms with Crippen LogP contribution in [0.25, 0.3) is 11.5 Å². The predicted octanol–water partition coefficient (Wildman–Crippen LogP) is 1.22. The van der Waals surface area contributed by atoms with Crippen LogP contribution in [-0.2, 0) is 0 Å². The fourth-order valence-electron chi connectivity index (χ4n) is 0.908. The molecule has 12 heavy (non-hydrogen) atoms. The summed E-state index contributed by atoms with van der Waals surface area (Å²) in [5, 5.41) is 3.45. The van der Waals surface area contributed by atoms with Gasteiger partial charge in [-0.3, -0.25) is 0 Å². The number of nitrogens with two attached hydrogens (primary N) is 1. The molecule has 0 saturated carbocycles. The zero-order chi connectivity index (χ0) is 8.55. The summed E-state index contributed by atoms with van der Waals surface area (Å²) in [5.41, 5.74) is 6.02. The van der Waals surface area contributed by atoms with Gasteiger partial charge in [-0.15, -0.1) is 0 Å². The van der Waals surface area contributed by atoms with Crippen LogP contribution in [0.4, 0.5) is 5.95 Å². The first kappa shape index (κ1) is 6.90. The van der Waals surface area contributed by atoms with Crippen LogP contribution < -0.4 is 5.73 Å². The fraction of sp³-hybridized carbons (Fsp3) is 0.143. The molecule has 2 aromatic heterocycles. The summed E-state index contributed by atoms with van der Waals surface area (Å²) in [4.78, 5) is 3.83. The summed E-state index contributed by atoms with van der Waals surface area (Å²) >= 11 is 0. The molecule has 0 saturated heterocycles. The van der Waals surface area contributed by atoms with Gasteiger partial charge in [-0.2, -0.15) is 4.98 Å². The van der Waals surface area contributed by atoms with Crippen molar-refractivity contribution in [3.8, 4) is 11.5 Å². The van der Waals surface area contributed by atoms with E-state index in [1.165, 1.54) is 0 Å². The Morgan fingerprint density at radius 2 is 2.33 bits per heavy atom. The van der Waals surface area contributed by atoms with E-state index in [0.29, 0.717) is 5.89 Å². The molecule has 0 radical (unpaired) electrons. The molecule has 2 rings (SSSR count). The highest BCUT2D eigenvalue weighted by atomic mass is 16.5. The Labute approximate surface area is 68.2 Å². The summed E-state index contributed by atoms with van der Waals surface area (Å²) in [6, 6.07) is 1.80.